The third-order valence-electron chi connectivity index (χ3n) is 4.62. The smallest absolute Gasteiger partial charge is 0.356 e. The second-order valence-corrected chi connectivity index (χ2v) is 6.71. The van der Waals surface area contributed by atoms with Gasteiger partial charge >= 0.3 is 11.9 Å². The lowest BCUT2D eigenvalue weighted by Crippen LogP contribution is -2.04. The van der Waals surface area contributed by atoms with Gasteiger partial charge in [-0.1, -0.05) is 37.8 Å². The van der Waals surface area contributed by atoms with Crippen LogP contribution in [0.15, 0.2) is 36.7 Å². The molecule has 0 atom stereocenters. The molecule has 0 aliphatic heterocycles. The summed E-state index contributed by atoms with van der Waals surface area (Å²) in [5.41, 5.74) is 2.99. The van der Waals surface area contributed by atoms with E-state index < -0.39 is 11.9 Å². The molecule has 2 aromatic heterocycles. The summed E-state index contributed by atoms with van der Waals surface area (Å²) in [5, 5.41) is 0. The zero-order valence-electron chi connectivity index (χ0n) is 16.6. The number of aryl methyl sites for hydroxylation is 2. The molecule has 28 heavy (non-hydrogen) atoms. The Morgan fingerprint density at radius 3 is 1.39 bits per heavy atom. The fourth-order valence-corrected chi connectivity index (χ4v) is 2.96. The Morgan fingerprint density at radius 1 is 0.679 bits per heavy atom. The van der Waals surface area contributed by atoms with Crippen molar-refractivity contribution >= 4 is 11.9 Å². The maximum absolute atomic E-state index is 11.3. The van der Waals surface area contributed by atoms with Crippen molar-refractivity contribution in [2.75, 3.05) is 14.2 Å². The van der Waals surface area contributed by atoms with E-state index in [1.54, 1.807) is 24.5 Å². The van der Waals surface area contributed by atoms with E-state index in [-0.39, 0.29) is 0 Å². The maximum Gasteiger partial charge on any atom is 0.356 e. The number of hydrogen-bond acceptors (Lipinski definition) is 6. The molecule has 6 nitrogen and oxygen atoms in total. The van der Waals surface area contributed by atoms with E-state index in [1.807, 2.05) is 12.1 Å². The maximum atomic E-state index is 11.3. The number of hydrogen-bond donors (Lipinski definition) is 0. The molecule has 6 heteroatoms. The molecule has 2 rings (SSSR count). The van der Waals surface area contributed by atoms with Gasteiger partial charge in [0.2, 0.25) is 0 Å². The summed E-state index contributed by atoms with van der Waals surface area (Å²) in [7, 11) is 2.71. The van der Waals surface area contributed by atoms with Gasteiger partial charge < -0.3 is 9.47 Å². The van der Waals surface area contributed by atoms with Crippen LogP contribution in [-0.4, -0.2) is 36.1 Å². The monoisotopic (exact) mass is 384 g/mol. The summed E-state index contributed by atoms with van der Waals surface area (Å²) in [5.74, 6) is -0.802. The molecule has 0 aromatic carbocycles. The largest absolute Gasteiger partial charge is 0.464 e. The highest BCUT2D eigenvalue weighted by atomic mass is 16.5. The van der Waals surface area contributed by atoms with Crippen molar-refractivity contribution in [2.45, 2.75) is 51.4 Å². The Balaban J connectivity index is 1.54. The van der Waals surface area contributed by atoms with Crippen LogP contribution in [0.4, 0.5) is 0 Å². The first-order valence-electron chi connectivity index (χ1n) is 9.70. The summed E-state index contributed by atoms with van der Waals surface area (Å²) < 4.78 is 9.29. The van der Waals surface area contributed by atoms with E-state index >= 15 is 0 Å². The highest BCUT2D eigenvalue weighted by Gasteiger charge is 2.07. The number of carbonyl (C=O) groups excluding carboxylic acids is 2. The minimum absolute atomic E-state index is 0.349. The second kappa shape index (κ2) is 11.8. The minimum Gasteiger partial charge on any atom is -0.464 e. The van der Waals surface area contributed by atoms with Crippen molar-refractivity contribution in [3.8, 4) is 0 Å². The molecule has 0 N–H and O–H groups in total. The molecule has 0 fully saturated rings. The third-order valence-corrected chi connectivity index (χ3v) is 4.62. The summed E-state index contributed by atoms with van der Waals surface area (Å²) in [6.45, 7) is 0. The van der Waals surface area contributed by atoms with Crippen LogP contribution < -0.4 is 0 Å². The van der Waals surface area contributed by atoms with Crippen molar-refractivity contribution in [1.82, 2.24) is 9.97 Å². The van der Waals surface area contributed by atoms with Crippen LogP contribution >= 0.6 is 0 Å². The molecule has 0 unspecified atom stereocenters. The van der Waals surface area contributed by atoms with Crippen molar-refractivity contribution < 1.29 is 19.1 Å². The van der Waals surface area contributed by atoms with E-state index in [1.165, 1.54) is 39.9 Å². The lowest BCUT2D eigenvalue weighted by atomic mass is 10.0. The molecule has 0 spiro atoms. The summed E-state index contributed by atoms with van der Waals surface area (Å²) in [6, 6.07) is 7.32. The van der Waals surface area contributed by atoms with Gasteiger partial charge in [-0.25, -0.2) is 19.6 Å². The van der Waals surface area contributed by atoms with Gasteiger partial charge in [-0.15, -0.1) is 0 Å². The topological polar surface area (TPSA) is 78.4 Å². The van der Waals surface area contributed by atoms with Gasteiger partial charge in [0.05, 0.1) is 14.2 Å². The molecule has 0 saturated heterocycles. The number of esters is 2. The van der Waals surface area contributed by atoms with E-state index in [0.29, 0.717) is 11.4 Å². The van der Waals surface area contributed by atoms with Crippen molar-refractivity contribution in [2.24, 2.45) is 0 Å². The standard InChI is InChI=1S/C22H28N2O4/c1-27-21(25)19-13-11-17(15-23-19)9-7-5-3-4-6-8-10-18-12-14-20(24-16-18)22(26)28-2/h11-16H,3-10H2,1-2H3. The van der Waals surface area contributed by atoms with Gasteiger partial charge in [0.1, 0.15) is 11.4 Å². The second-order valence-electron chi connectivity index (χ2n) is 6.71. The number of carbonyl (C=O) groups is 2. The highest BCUT2D eigenvalue weighted by molar-refractivity contribution is 5.87. The Labute approximate surface area is 166 Å². The predicted octanol–water partition coefficient (Wildman–Crippen LogP) is 4.18. The number of rotatable bonds is 11. The third kappa shape index (κ3) is 7.10. The van der Waals surface area contributed by atoms with Gasteiger partial charge in [-0.2, -0.15) is 0 Å². The SMILES string of the molecule is COC(=O)c1ccc(CCCCCCCCc2ccc(C(=O)OC)nc2)cn1. The predicted molar refractivity (Wildman–Crippen MR) is 106 cm³/mol. The van der Waals surface area contributed by atoms with Gasteiger partial charge in [-0.3, -0.25) is 0 Å². The molecule has 0 amide bonds. The number of methoxy groups -OCH3 is 2. The van der Waals surface area contributed by atoms with Gasteiger partial charge in [0.15, 0.2) is 0 Å². The number of nitrogens with zero attached hydrogens (tertiary/aromatic N) is 2. The Kier molecular flexibility index (Phi) is 9.11. The fraction of sp³-hybridized carbons (Fsp3) is 0.455. The lowest BCUT2D eigenvalue weighted by molar-refractivity contribution is 0.0585. The molecule has 0 saturated carbocycles. The number of aromatic nitrogens is 2. The van der Waals surface area contributed by atoms with Crippen LogP contribution in [0.25, 0.3) is 0 Å². The van der Waals surface area contributed by atoms with E-state index in [0.717, 1.165) is 36.8 Å². The van der Waals surface area contributed by atoms with Crippen LogP contribution in [0, 0.1) is 0 Å². The van der Waals surface area contributed by atoms with Crippen LogP contribution in [0.2, 0.25) is 0 Å². The number of unbranched alkanes of at least 4 members (excludes halogenated alkanes) is 5. The quantitative estimate of drug-likeness (QED) is 0.427. The summed E-state index contributed by atoms with van der Waals surface area (Å²) in [4.78, 5) is 31.0. The van der Waals surface area contributed by atoms with Crippen LogP contribution in [-0.2, 0) is 22.3 Å². The molecule has 2 aromatic rings. The molecule has 150 valence electrons. The first kappa shape index (κ1) is 21.5. The van der Waals surface area contributed by atoms with Gasteiger partial charge in [0, 0.05) is 12.4 Å². The molecule has 0 radical (unpaired) electrons. The first-order valence-corrected chi connectivity index (χ1v) is 9.70. The van der Waals surface area contributed by atoms with E-state index in [4.69, 9.17) is 0 Å². The average Bonchev–Trinajstić information content (AvgIpc) is 2.75. The number of ether oxygens (including phenoxy) is 2. The Morgan fingerprint density at radius 2 is 1.07 bits per heavy atom. The summed E-state index contributed by atoms with van der Waals surface area (Å²) >= 11 is 0. The molecule has 2 heterocycles. The molecule has 0 aliphatic rings. The Hall–Kier alpha value is -2.76. The zero-order chi connectivity index (χ0) is 20.2. The van der Waals surface area contributed by atoms with Crippen molar-refractivity contribution in [3.63, 3.8) is 0 Å². The first-order chi connectivity index (χ1) is 13.6. The average molecular weight is 384 g/mol. The van der Waals surface area contributed by atoms with Gasteiger partial charge in [0.25, 0.3) is 0 Å². The lowest BCUT2D eigenvalue weighted by Gasteiger charge is -2.04. The zero-order valence-corrected chi connectivity index (χ0v) is 16.6. The summed E-state index contributed by atoms with van der Waals surface area (Å²) in [6.07, 6.45) is 12.5. The van der Waals surface area contributed by atoms with Crippen LogP contribution in [0.1, 0.15) is 70.6 Å². The Bertz CT molecular complexity index is 677. The molecular formula is C22H28N2O4. The van der Waals surface area contributed by atoms with Crippen LogP contribution in [0.3, 0.4) is 0 Å². The minimum atomic E-state index is -0.401. The highest BCUT2D eigenvalue weighted by Crippen LogP contribution is 2.12. The van der Waals surface area contributed by atoms with Crippen LogP contribution in [0.5, 0.6) is 0 Å². The molecular weight excluding hydrogens is 356 g/mol. The van der Waals surface area contributed by atoms with E-state index in [2.05, 4.69) is 19.4 Å². The molecule has 0 aliphatic carbocycles. The van der Waals surface area contributed by atoms with E-state index in [9.17, 15) is 9.59 Å². The molecule has 0 bridgehead atoms. The van der Waals surface area contributed by atoms with Crippen molar-refractivity contribution in [1.29, 1.82) is 0 Å². The number of pyridine rings is 2. The normalized spacial score (nSPS) is 10.5. The van der Waals surface area contributed by atoms with Crippen molar-refractivity contribution in [3.05, 3.63) is 59.2 Å². The van der Waals surface area contributed by atoms with Gasteiger partial charge in [-0.05, 0) is 48.9 Å². The fourth-order valence-electron chi connectivity index (χ4n) is 2.96.